The molecular weight excluding hydrogens is 240 g/mol. The lowest BCUT2D eigenvalue weighted by Gasteiger charge is -2.23. The van der Waals surface area contributed by atoms with Gasteiger partial charge in [-0.05, 0) is 20.0 Å². The zero-order valence-corrected chi connectivity index (χ0v) is 12.9. The Kier molecular flexibility index (Phi) is 5.11. The predicted octanol–water partition coefficient (Wildman–Crippen LogP) is 1.66. The quantitative estimate of drug-likeness (QED) is 0.852. The van der Waals surface area contributed by atoms with E-state index in [9.17, 15) is 4.79 Å². The average Bonchev–Trinajstić information content (AvgIpc) is 2.76. The maximum atomic E-state index is 11.4. The average molecular weight is 266 g/mol. The molecule has 0 saturated heterocycles. The fraction of sp³-hybridized carbons (Fsp3) is 0.714. The van der Waals surface area contributed by atoms with E-state index in [0.717, 1.165) is 17.9 Å². The molecule has 0 aromatic carbocycles. The second kappa shape index (κ2) is 6.19. The number of amides is 1. The van der Waals surface area contributed by atoms with Gasteiger partial charge < -0.3 is 5.32 Å². The van der Waals surface area contributed by atoms with Crippen molar-refractivity contribution >= 4 is 5.91 Å². The van der Waals surface area contributed by atoms with Gasteiger partial charge in [0.1, 0.15) is 0 Å². The van der Waals surface area contributed by atoms with Gasteiger partial charge in [-0.3, -0.25) is 14.8 Å². The van der Waals surface area contributed by atoms with Gasteiger partial charge in [0.2, 0.25) is 5.91 Å². The fourth-order valence-corrected chi connectivity index (χ4v) is 1.78. The molecule has 0 radical (unpaired) electrons. The van der Waals surface area contributed by atoms with Crippen molar-refractivity contribution in [2.24, 2.45) is 0 Å². The van der Waals surface area contributed by atoms with Gasteiger partial charge in [-0.25, -0.2) is 0 Å². The minimum Gasteiger partial charge on any atom is -0.359 e. The van der Waals surface area contributed by atoms with Gasteiger partial charge in [0.05, 0.1) is 5.69 Å². The number of H-pyrrole nitrogens is 1. The highest BCUT2D eigenvalue weighted by Crippen LogP contribution is 2.20. The number of aromatic amines is 1. The summed E-state index contributed by atoms with van der Waals surface area (Å²) in [5.41, 5.74) is 2.20. The second-order valence-corrected chi connectivity index (χ2v) is 6.17. The lowest BCUT2D eigenvalue weighted by Crippen LogP contribution is -2.33. The van der Waals surface area contributed by atoms with Gasteiger partial charge >= 0.3 is 0 Å². The molecular formula is C14H26N4O. The van der Waals surface area contributed by atoms with Crippen LogP contribution in [-0.4, -0.2) is 41.1 Å². The standard InChI is InChI=1S/C14H26N4O/c1-10(7-13(19)15-5)18(6)9-11-8-12(17-16-11)14(2,3)4/h8,10H,7,9H2,1-6H3,(H,15,19)(H,16,17)/t10-/m0/s1. The van der Waals surface area contributed by atoms with Crippen LogP contribution in [0.2, 0.25) is 0 Å². The van der Waals surface area contributed by atoms with Gasteiger partial charge in [-0.1, -0.05) is 20.8 Å². The first-order valence-corrected chi connectivity index (χ1v) is 6.69. The number of aromatic nitrogens is 2. The molecule has 0 aliphatic rings. The molecule has 1 rings (SSSR count). The smallest absolute Gasteiger partial charge is 0.221 e. The van der Waals surface area contributed by atoms with Gasteiger partial charge in [-0.2, -0.15) is 5.10 Å². The summed E-state index contributed by atoms with van der Waals surface area (Å²) in [6.07, 6.45) is 0.507. The summed E-state index contributed by atoms with van der Waals surface area (Å²) in [4.78, 5) is 13.5. The van der Waals surface area contributed by atoms with Gasteiger partial charge in [0, 0.05) is 37.2 Å². The summed E-state index contributed by atoms with van der Waals surface area (Å²) in [5.74, 6) is 0.0688. The summed E-state index contributed by atoms with van der Waals surface area (Å²) >= 11 is 0. The highest BCUT2D eigenvalue weighted by atomic mass is 16.1. The molecule has 5 heteroatoms. The molecule has 19 heavy (non-hydrogen) atoms. The first kappa shape index (κ1) is 15.7. The minimum absolute atomic E-state index is 0.0566. The minimum atomic E-state index is 0.0566. The van der Waals surface area contributed by atoms with Crippen molar-refractivity contribution in [3.8, 4) is 0 Å². The van der Waals surface area contributed by atoms with Crippen LogP contribution in [0, 0.1) is 0 Å². The number of carbonyl (C=O) groups is 1. The third-order valence-corrected chi connectivity index (χ3v) is 3.33. The number of hydrogen-bond donors (Lipinski definition) is 2. The van der Waals surface area contributed by atoms with E-state index in [2.05, 4.69) is 54.2 Å². The zero-order chi connectivity index (χ0) is 14.6. The number of nitrogens with one attached hydrogen (secondary N) is 2. The Balaban J connectivity index is 2.59. The summed E-state index contributed by atoms with van der Waals surface area (Å²) in [5, 5.41) is 10.1. The van der Waals surface area contributed by atoms with Crippen molar-refractivity contribution < 1.29 is 4.79 Å². The first-order valence-electron chi connectivity index (χ1n) is 6.69. The monoisotopic (exact) mass is 266 g/mol. The van der Waals surface area contributed by atoms with E-state index < -0.39 is 0 Å². The van der Waals surface area contributed by atoms with Crippen LogP contribution in [0.15, 0.2) is 6.07 Å². The van der Waals surface area contributed by atoms with E-state index in [1.807, 2.05) is 7.05 Å². The van der Waals surface area contributed by atoms with Crippen LogP contribution in [0.25, 0.3) is 0 Å². The van der Waals surface area contributed by atoms with E-state index in [-0.39, 0.29) is 17.4 Å². The van der Waals surface area contributed by atoms with Crippen LogP contribution in [-0.2, 0) is 16.8 Å². The van der Waals surface area contributed by atoms with Gasteiger partial charge in [0.15, 0.2) is 0 Å². The summed E-state index contributed by atoms with van der Waals surface area (Å²) in [6, 6.07) is 2.30. The van der Waals surface area contributed by atoms with Crippen LogP contribution in [0.4, 0.5) is 0 Å². The Bertz CT molecular complexity index is 419. The maximum Gasteiger partial charge on any atom is 0.221 e. The van der Waals surface area contributed by atoms with Crippen LogP contribution in [0.1, 0.15) is 45.5 Å². The first-order chi connectivity index (χ1) is 8.74. The molecule has 0 unspecified atom stereocenters. The SMILES string of the molecule is CNC(=O)C[C@H](C)N(C)Cc1cc(C(C)(C)C)n[nH]1. The molecule has 1 amide bonds. The Morgan fingerprint density at radius 3 is 2.63 bits per heavy atom. The molecule has 1 atom stereocenters. The van der Waals surface area contributed by atoms with Crippen molar-refractivity contribution in [1.82, 2.24) is 20.4 Å². The van der Waals surface area contributed by atoms with Crippen molar-refractivity contribution in [3.63, 3.8) is 0 Å². The van der Waals surface area contributed by atoms with Crippen LogP contribution < -0.4 is 5.32 Å². The third-order valence-electron chi connectivity index (χ3n) is 3.33. The number of rotatable bonds is 5. The molecule has 108 valence electrons. The molecule has 0 saturated carbocycles. The molecule has 0 aliphatic carbocycles. The summed E-state index contributed by atoms with van der Waals surface area (Å²) in [7, 11) is 3.69. The number of nitrogens with zero attached hydrogens (tertiary/aromatic N) is 2. The lowest BCUT2D eigenvalue weighted by molar-refractivity contribution is -0.121. The molecule has 0 fully saturated rings. The maximum absolute atomic E-state index is 11.4. The molecule has 5 nitrogen and oxygen atoms in total. The molecule has 2 N–H and O–H groups in total. The highest BCUT2D eigenvalue weighted by Gasteiger charge is 2.19. The normalized spacial score (nSPS) is 13.6. The predicted molar refractivity (Wildman–Crippen MR) is 76.9 cm³/mol. The second-order valence-electron chi connectivity index (χ2n) is 6.17. The van der Waals surface area contributed by atoms with Crippen molar-refractivity contribution in [2.45, 2.75) is 52.1 Å². The van der Waals surface area contributed by atoms with Crippen molar-refractivity contribution in [2.75, 3.05) is 14.1 Å². The van der Waals surface area contributed by atoms with E-state index in [0.29, 0.717) is 6.42 Å². The molecule has 0 bridgehead atoms. The molecule has 1 aromatic heterocycles. The summed E-state index contributed by atoms with van der Waals surface area (Å²) in [6.45, 7) is 9.25. The Morgan fingerprint density at radius 1 is 1.53 bits per heavy atom. The topological polar surface area (TPSA) is 61.0 Å². The van der Waals surface area contributed by atoms with Gasteiger partial charge in [-0.15, -0.1) is 0 Å². The zero-order valence-electron chi connectivity index (χ0n) is 12.9. The van der Waals surface area contributed by atoms with E-state index in [1.54, 1.807) is 7.05 Å². The fourth-order valence-electron chi connectivity index (χ4n) is 1.78. The van der Waals surface area contributed by atoms with Crippen LogP contribution in [0.3, 0.4) is 0 Å². The lowest BCUT2D eigenvalue weighted by atomic mass is 9.92. The number of hydrogen-bond acceptors (Lipinski definition) is 3. The van der Waals surface area contributed by atoms with Crippen LogP contribution in [0.5, 0.6) is 0 Å². The summed E-state index contributed by atoms with van der Waals surface area (Å²) < 4.78 is 0. The van der Waals surface area contributed by atoms with E-state index in [4.69, 9.17) is 0 Å². The molecule has 1 aromatic rings. The largest absolute Gasteiger partial charge is 0.359 e. The van der Waals surface area contributed by atoms with Crippen molar-refractivity contribution in [1.29, 1.82) is 0 Å². The highest BCUT2D eigenvalue weighted by molar-refractivity contribution is 5.76. The Morgan fingerprint density at radius 2 is 2.16 bits per heavy atom. The Labute approximate surface area is 115 Å². The molecule has 0 spiro atoms. The molecule has 1 heterocycles. The van der Waals surface area contributed by atoms with Crippen LogP contribution >= 0.6 is 0 Å². The van der Waals surface area contributed by atoms with Crippen molar-refractivity contribution in [3.05, 3.63) is 17.5 Å². The van der Waals surface area contributed by atoms with E-state index in [1.165, 1.54) is 0 Å². The third kappa shape index (κ3) is 4.67. The van der Waals surface area contributed by atoms with E-state index >= 15 is 0 Å². The molecule has 0 aliphatic heterocycles. The Hall–Kier alpha value is -1.36. The number of carbonyl (C=O) groups excluding carboxylic acids is 1. The van der Waals surface area contributed by atoms with Gasteiger partial charge in [0.25, 0.3) is 0 Å².